The molecule has 3 rings (SSSR count). The van der Waals surface area contributed by atoms with Crippen LogP contribution in [0, 0.1) is 5.21 Å². The number of quaternary nitrogens is 1. The van der Waals surface area contributed by atoms with E-state index >= 15 is 0 Å². The average Bonchev–Trinajstić information content (AvgIpc) is 2.85. The summed E-state index contributed by atoms with van der Waals surface area (Å²) in [5.41, 5.74) is 0.111. The van der Waals surface area contributed by atoms with E-state index in [4.69, 9.17) is 5.21 Å². The molecule has 9 nitrogen and oxygen atoms in total. The molecule has 0 spiro atoms. The van der Waals surface area contributed by atoms with Gasteiger partial charge in [0.2, 0.25) is 5.69 Å². The number of aromatic hydroxyl groups is 1. The lowest BCUT2D eigenvalue weighted by Crippen LogP contribution is -2.99. The lowest BCUT2D eigenvalue weighted by molar-refractivity contribution is -0.991. The molecule has 1 heterocycles. The molecule has 9 heteroatoms. The predicted molar refractivity (Wildman–Crippen MR) is 86.0 cm³/mol. The number of rotatable bonds is 5. The maximum Gasteiger partial charge on any atom is 0.327 e. The molecular weight excluding hydrogens is 344 g/mol. The van der Waals surface area contributed by atoms with Crippen molar-refractivity contribution in [3.05, 3.63) is 64.4 Å². The summed E-state index contributed by atoms with van der Waals surface area (Å²) >= 11 is 0. The van der Waals surface area contributed by atoms with Gasteiger partial charge in [-0.15, -0.1) is 0 Å². The Bertz CT molecular complexity index is 875. The van der Waals surface area contributed by atoms with Crippen molar-refractivity contribution in [3.8, 4) is 5.75 Å². The van der Waals surface area contributed by atoms with Gasteiger partial charge in [-0.25, -0.2) is 10.0 Å². The van der Waals surface area contributed by atoms with E-state index < -0.39 is 40.5 Å². The summed E-state index contributed by atoms with van der Waals surface area (Å²) in [5.74, 6) is -3.29. The maximum absolute atomic E-state index is 12.5. The lowest BCUT2D eigenvalue weighted by Gasteiger charge is -2.23. The van der Waals surface area contributed by atoms with Gasteiger partial charge in [0.15, 0.2) is 5.75 Å². The summed E-state index contributed by atoms with van der Waals surface area (Å²) in [6.45, 7) is 0. The third kappa shape index (κ3) is 2.90. The van der Waals surface area contributed by atoms with Crippen molar-refractivity contribution in [2.45, 2.75) is 12.5 Å². The maximum atomic E-state index is 12.5. The average molecular weight is 358 g/mol. The summed E-state index contributed by atoms with van der Waals surface area (Å²) in [5, 5.41) is 37.9. The molecule has 2 aromatic rings. The Balaban J connectivity index is 1.95. The van der Waals surface area contributed by atoms with Gasteiger partial charge < -0.3 is 15.4 Å². The van der Waals surface area contributed by atoms with Gasteiger partial charge in [0.1, 0.15) is 6.04 Å². The second-order valence-electron chi connectivity index (χ2n) is 5.74. The van der Waals surface area contributed by atoms with Crippen LogP contribution in [0.3, 0.4) is 0 Å². The number of carbonyl (C=O) groups excluding carboxylic acids is 2. The first-order chi connectivity index (χ1) is 12.3. The summed E-state index contributed by atoms with van der Waals surface area (Å²) in [7, 11) is 0. The zero-order valence-electron chi connectivity index (χ0n) is 13.2. The van der Waals surface area contributed by atoms with Gasteiger partial charge in [-0.1, -0.05) is 18.2 Å². The quantitative estimate of drug-likeness (QED) is 0.337. The molecule has 2 aromatic carbocycles. The van der Waals surface area contributed by atoms with Crippen molar-refractivity contribution in [3.63, 3.8) is 0 Å². The van der Waals surface area contributed by atoms with Crippen LogP contribution in [0.1, 0.15) is 26.3 Å². The monoisotopic (exact) mass is 358 g/mol. The summed E-state index contributed by atoms with van der Waals surface area (Å²) in [6, 6.07) is 8.11. The Morgan fingerprint density at radius 2 is 1.69 bits per heavy atom. The highest BCUT2D eigenvalue weighted by molar-refractivity contribution is 6.22. The number of carbonyl (C=O) groups is 3. The van der Waals surface area contributed by atoms with Crippen LogP contribution in [0.15, 0.2) is 42.5 Å². The van der Waals surface area contributed by atoms with Gasteiger partial charge in [0.05, 0.1) is 11.1 Å². The standard InChI is InChI=1S/C17H14N2O7/c20-14-6-5-9(7-12(14)19(25)26)8-13(17(23)24)18-15(21)10-3-1-2-4-11(10)16(18)22/h1-7,13,19-20,25H,8H2,(H,23,24). The molecule has 4 N–H and O–H groups in total. The van der Waals surface area contributed by atoms with E-state index in [9.17, 15) is 29.8 Å². The minimum absolute atomic E-state index is 0.126. The zero-order valence-corrected chi connectivity index (χ0v) is 13.2. The molecule has 1 aliphatic rings. The normalized spacial score (nSPS) is 15.7. The summed E-state index contributed by atoms with van der Waals surface area (Å²) in [4.78, 5) is 37.3. The molecule has 2 unspecified atom stereocenters. The summed E-state index contributed by atoms with van der Waals surface area (Å²) < 4.78 is 0. The number of hydrogen-bond donors (Lipinski definition) is 4. The van der Waals surface area contributed by atoms with Crippen LogP contribution in [-0.4, -0.2) is 44.1 Å². The number of imide groups is 1. The van der Waals surface area contributed by atoms with Gasteiger partial charge in [-0.3, -0.25) is 14.5 Å². The largest absolute Gasteiger partial charge is 0.595 e. The zero-order chi connectivity index (χ0) is 19.0. The molecule has 1 aliphatic heterocycles. The van der Waals surface area contributed by atoms with Crippen LogP contribution in [-0.2, 0) is 11.2 Å². The number of nitrogens with zero attached hydrogens (tertiary/aromatic N) is 1. The van der Waals surface area contributed by atoms with Crippen molar-refractivity contribution in [1.82, 2.24) is 4.90 Å². The van der Waals surface area contributed by atoms with Gasteiger partial charge in [-0.2, -0.15) is 5.23 Å². The van der Waals surface area contributed by atoms with Gasteiger partial charge >= 0.3 is 5.97 Å². The number of carboxylic acid groups (broad SMARTS) is 1. The van der Waals surface area contributed by atoms with E-state index in [0.29, 0.717) is 4.90 Å². The highest BCUT2D eigenvalue weighted by Crippen LogP contribution is 2.27. The Morgan fingerprint density at radius 1 is 1.12 bits per heavy atom. The van der Waals surface area contributed by atoms with Crippen molar-refractivity contribution >= 4 is 23.5 Å². The summed E-state index contributed by atoms with van der Waals surface area (Å²) in [6.07, 6.45) is -0.290. The number of carboxylic acids is 1. The van der Waals surface area contributed by atoms with Crippen molar-refractivity contribution in [1.29, 1.82) is 0 Å². The first-order valence-electron chi connectivity index (χ1n) is 7.56. The second-order valence-corrected chi connectivity index (χ2v) is 5.74. The lowest BCUT2D eigenvalue weighted by atomic mass is 10.0. The fraction of sp³-hybridized carbons (Fsp3) is 0.118. The molecule has 0 bridgehead atoms. The molecule has 0 aromatic heterocycles. The van der Waals surface area contributed by atoms with E-state index in [0.717, 1.165) is 12.1 Å². The van der Waals surface area contributed by atoms with Gasteiger partial charge in [0.25, 0.3) is 11.8 Å². The molecule has 0 fully saturated rings. The first kappa shape index (κ1) is 17.5. The molecule has 2 atom stereocenters. The van der Waals surface area contributed by atoms with E-state index in [2.05, 4.69) is 0 Å². The molecular formula is C17H14N2O7. The number of hydrogen-bond acceptors (Lipinski definition) is 6. The fourth-order valence-corrected chi connectivity index (χ4v) is 2.88. The van der Waals surface area contributed by atoms with Gasteiger partial charge in [0, 0.05) is 12.5 Å². The van der Waals surface area contributed by atoms with Crippen molar-refractivity contribution < 1.29 is 35.0 Å². The SMILES string of the molecule is O=C(O)C(Cc1ccc(O)c([NH+]([O-])O)c1)N1C(=O)c2ccccc2C1=O. The number of fused-ring (bicyclic) bond motifs is 1. The van der Waals surface area contributed by atoms with Crippen LogP contribution in [0.4, 0.5) is 5.69 Å². The number of phenols is 1. The van der Waals surface area contributed by atoms with E-state index in [1.54, 1.807) is 12.1 Å². The van der Waals surface area contributed by atoms with Crippen LogP contribution >= 0.6 is 0 Å². The fourth-order valence-electron chi connectivity index (χ4n) is 2.88. The Hall–Kier alpha value is -3.27. The Labute approximate surface area is 146 Å². The van der Waals surface area contributed by atoms with Crippen LogP contribution in [0.2, 0.25) is 0 Å². The number of nitrogens with one attached hydrogen (secondary N) is 1. The van der Waals surface area contributed by atoms with E-state index in [1.807, 2.05) is 0 Å². The molecule has 0 saturated carbocycles. The van der Waals surface area contributed by atoms with Crippen LogP contribution in [0.25, 0.3) is 0 Å². The highest BCUT2D eigenvalue weighted by Gasteiger charge is 2.42. The van der Waals surface area contributed by atoms with E-state index in [1.165, 1.54) is 18.2 Å². The second kappa shape index (κ2) is 6.56. The molecule has 2 amide bonds. The third-order valence-corrected chi connectivity index (χ3v) is 4.14. The minimum atomic E-state index is -1.51. The van der Waals surface area contributed by atoms with Crippen molar-refractivity contribution in [2.75, 3.05) is 0 Å². The Morgan fingerprint density at radius 3 is 2.19 bits per heavy atom. The highest BCUT2D eigenvalue weighted by atomic mass is 16.8. The van der Waals surface area contributed by atoms with E-state index in [-0.39, 0.29) is 23.1 Å². The smallest absolute Gasteiger partial charge is 0.327 e. The molecule has 0 aliphatic carbocycles. The Kier molecular flexibility index (Phi) is 4.43. The minimum Gasteiger partial charge on any atom is -0.595 e. The molecule has 0 saturated heterocycles. The number of benzene rings is 2. The topological polar surface area (TPSA) is 143 Å². The number of phenolic OH excluding ortho intramolecular Hbond substituents is 1. The van der Waals surface area contributed by atoms with Crippen LogP contribution < -0.4 is 5.23 Å². The molecule has 134 valence electrons. The first-order valence-corrected chi connectivity index (χ1v) is 7.56. The molecule has 26 heavy (non-hydrogen) atoms. The van der Waals surface area contributed by atoms with Gasteiger partial charge in [-0.05, 0) is 23.8 Å². The molecule has 0 radical (unpaired) electrons. The third-order valence-electron chi connectivity index (χ3n) is 4.14. The number of amides is 2. The van der Waals surface area contributed by atoms with Crippen LogP contribution in [0.5, 0.6) is 5.75 Å². The predicted octanol–water partition coefficient (Wildman–Crippen LogP) is 0.0875. The number of aliphatic carboxylic acids is 1. The van der Waals surface area contributed by atoms with Crippen molar-refractivity contribution in [2.24, 2.45) is 0 Å².